The number of hydrogen-bond donors (Lipinski definition) is 1. The van der Waals surface area contributed by atoms with Crippen molar-refractivity contribution in [2.75, 3.05) is 18.9 Å². The van der Waals surface area contributed by atoms with Crippen LogP contribution in [0.4, 0.5) is 5.69 Å². The van der Waals surface area contributed by atoms with Crippen molar-refractivity contribution >= 4 is 11.6 Å². The van der Waals surface area contributed by atoms with E-state index in [1.165, 1.54) is 6.07 Å². The van der Waals surface area contributed by atoms with Crippen LogP contribution < -0.4 is 10.5 Å². The second kappa shape index (κ2) is 5.61. The van der Waals surface area contributed by atoms with Crippen LogP contribution in [-0.4, -0.2) is 30.0 Å². The molecule has 0 bridgehead atoms. The molecule has 1 amide bonds. The summed E-state index contributed by atoms with van der Waals surface area (Å²) >= 11 is 0. The first-order valence-corrected chi connectivity index (χ1v) is 6.37. The molecule has 0 aliphatic heterocycles. The molecule has 2 N–H and O–H groups in total. The number of amides is 1. The van der Waals surface area contributed by atoms with Crippen LogP contribution in [0.2, 0.25) is 0 Å². The zero-order valence-electron chi connectivity index (χ0n) is 10.9. The molecule has 100 valence electrons. The second-order valence-corrected chi connectivity index (χ2v) is 4.56. The third-order valence-electron chi connectivity index (χ3n) is 3.14. The second-order valence-electron chi connectivity index (χ2n) is 4.56. The third-order valence-corrected chi connectivity index (χ3v) is 3.14. The van der Waals surface area contributed by atoms with E-state index in [2.05, 4.69) is 0 Å². The quantitative estimate of drug-likeness (QED) is 0.813. The van der Waals surface area contributed by atoms with Crippen molar-refractivity contribution in [3.8, 4) is 11.8 Å². The molecule has 1 aliphatic rings. The molecule has 0 unspecified atom stereocenters. The molecular weight excluding hydrogens is 242 g/mol. The molecule has 19 heavy (non-hydrogen) atoms. The topological polar surface area (TPSA) is 79.3 Å². The van der Waals surface area contributed by atoms with Gasteiger partial charge in [-0.1, -0.05) is 0 Å². The zero-order valence-corrected chi connectivity index (χ0v) is 10.9. The highest BCUT2D eigenvalue weighted by Crippen LogP contribution is 2.27. The number of rotatable bonds is 5. The molecule has 1 aliphatic carbocycles. The third kappa shape index (κ3) is 3.16. The molecule has 0 heterocycles. The largest absolute Gasteiger partial charge is 0.482 e. The Kier molecular flexibility index (Phi) is 3.91. The van der Waals surface area contributed by atoms with E-state index in [9.17, 15) is 4.79 Å². The highest BCUT2D eigenvalue weighted by molar-refractivity contribution is 5.78. The summed E-state index contributed by atoms with van der Waals surface area (Å²) < 4.78 is 5.43. The molecule has 0 radical (unpaired) electrons. The first-order valence-electron chi connectivity index (χ1n) is 6.37. The number of nitriles is 1. The van der Waals surface area contributed by atoms with Crippen molar-refractivity contribution in [2.24, 2.45) is 0 Å². The maximum Gasteiger partial charge on any atom is 0.260 e. The van der Waals surface area contributed by atoms with E-state index in [0.717, 1.165) is 12.8 Å². The van der Waals surface area contributed by atoms with Gasteiger partial charge >= 0.3 is 0 Å². The van der Waals surface area contributed by atoms with Gasteiger partial charge in [0, 0.05) is 12.6 Å². The fourth-order valence-corrected chi connectivity index (χ4v) is 2.00. The van der Waals surface area contributed by atoms with Gasteiger partial charge in [-0.05, 0) is 38.0 Å². The van der Waals surface area contributed by atoms with Crippen LogP contribution in [0.3, 0.4) is 0 Å². The van der Waals surface area contributed by atoms with Crippen LogP contribution in [-0.2, 0) is 4.79 Å². The Hall–Kier alpha value is -2.22. The summed E-state index contributed by atoms with van der Waals surface area (Å²) in [6, 6.07) is 7.17. The van der Waals surface area contributed by atoms with Crippen molar-refractivity contribution in [2.45, 2.75) is 25.8 Å². The molecule has 1 aromatic rings. The van der Waals surface area contributed by atoms with Crippen molar-refractivity contribution in [3.05, 3.63) is 23.8 Å². The Labute approximate surface area is 112 Å². The SMILES string of the molecule is CCN(C(=O)COc1ccc(C#N)cc1N)C1CC1. The number of nitrogens with two attached hydrogens (primary N) is 1. The number of ether oxygens (including phenoxy) is 1. The summed E-state index contributed by atoms with van der Waals surface area (Å²) in [5.41, 5.74) is 6.62. The van der Waals surface area contributed by atoms with E-state index in [0.29, 0.717) is 29.6 Å². The number of carbonyl (C=O) groups excluding carboxylic acids is 1. The van der Waals surface area contributed by atoms with Gasteiger partial charge < -0.3 is 15.4 Å². The average Bonchev–Trinajstić information content (AvgIpc) is 3.22. The highest BCUT2D eigenvalue weighted by Gasteiger charge is 2.31. The number of benzene rings is 1. The molecule has 1 saturated carbocycles. The minimum atomic E-state index is -0.0197. The first kappa shape index (κ1) is 13.2. The smallest absolute Gasteiger partial charge is 0.260 e. The summed E-state index contributed by atoms with van der Waals surface area (Å²) in [4.78, 5) is 13.8. The van der Waals surface area contributed by atoms with Crippen molar-refractivity contribution in [3.63, 3.8) is 0 Å². The van der Waals surface area contributed by atoms with Crippen LogP contribution in [0.25, 0.3) is 0 Å². The summed E-state index contributed by atoms with van der Waals surface area (Å²) in [6.45, 7) is 2.66. The lowest BCUT2D eigenvalue weighted by Gasteiger charge is -2.20. The number of nitrogens with zero attached hydrogens (tertiary/aromatic N) is 2. The van der Waals surface area contributed by atoms with Gasteiger partial charge in [-0.25, -0.2) is 0 Å². The van der Waals surface area contributed by atoms with Crippen molar-refractivity contribution < 1.29 is 9.53 Å². The Morgan fingerprint density at radius 2 is 2.32 bits per heavy atom. The monoisotopic (exact) mass is 259 g/mol. The number of nitrogen functional groups attached to an aromatic ring is 1. The van der Waals surface area contributed by atoms with Gasteiger partial charge in [0.1, 0.15) is 5.75 Å². The lowest BCUT2D eigenvalue weighted by molar-refractivity contribution is -0.133. The number of hydrogen-bond acceptors (Lipinski definition) is 4. The number of carbonyl (C=O) groups is 1. The summed E-state index contributed by atoms with van der Waals surface area (Å²) in [5, 5.41) is 8.74. The van der Waals surface area contributed by atoms with Gasteiger partial charge in [0.05, 0.1) is 17.3 Å². The number of anilines is 1. The first-order chi connectivity index (χ1) is 9.15. The fraction of sp³-hybridized carbons (Fsp3) is 0.429. The van der Waals surface area contributed by atoms with E-state index in [1.54, 1.807) is 12.1 Å². The molecule has 1 fully saturated rings. The normalized spacial score (nSPS) is 13.7. The van der Waals surface area contributed by atoms with Crippen LogP contribution in [0.5, 0.6) is 5.75 Å². The van der Waals surface area contributed by atoms with Gasteiger partial charge in [0.15, 0.2) is 6.61 Å². The summed E-state index contributed by atoms with van der Waals surface area (Å²) in [5.74, 6) is 0.424. The lowest BCUT2D eigenvalue weighted by atomic mass is 10.2. The Morgan fingerprint density at radius 1 is 1.58 bits per heavy atom. The van der Waals surface area contributed by atoms with E-state index in [4.69, 9.17) is 15.7 Å². The van der Waals surface area contributed by atoms with Gasteiger partial charge in [-0.15, -0.1) is 0 Å². The van der Waals surface area contributed by atoms with Crippen LogP contribution in [0, 0.1) is 11.3 Å². The Balaban J connectivity index is 1.95. The summed E-state index contributed by atoms with van der Waals surface area (Å²) in [7, 11) is 0. The molecule has 0 aromatic heterocycles. The molecule has 1 aromatic carbocycles. The van der Waals surface area contributed by atoms with E-state index in [-0.39, 0.29) is 12.5 Å². The zero-order chi connectivity index (χ0) is 13.8. The standard InChI is InChI=1S/C14H17N3O2/c1-2-17(11-4-5-11)14(18)9-19-13-6-3-10(8-15)7-12(13)16/h3,6-7,11H,2,4-5,9,16H2,1H3. The molecular formula is C14H17N3O2. The van der Waals surface area contributed by atoms with Crippen LogP contribution in [0.15, 0.2) is 18.2 Å². The average molecular weight is 259 g/mol. The predicted octanol–water partition coefficient (Wildman–Crippen LogP) is 1.53. The van der Waals surface area contributed by atoms with Crippen LogP contribution in [0.1, 0.15) is 25.3 Å². The minimum Gasteiger partial charge on any atom is -0.482 e. The van der Waals surface area contributed by atoms with Gasteiger partial charge in [0.25, 0.3) is 5.91 Å². The molecule has 5 nitrogen and oxygen atoms in total. The van der Waals surface area contributed by atoms with Crippen molar-refractivity contribution in [1.82, 2.24) is 4.90 Å². The van der Waals surface area contributed by atoms with Gasteiger partial charge in [-0.3, -0.25) is 4.79 Å². The molecule has 0 spiro atoms. The molecule has 2 rings (SSSR count). The molecule has 0 saturated heterocycles. The molecule has 0 atom stereocenters. The van der Waals surface area contributed by atoms with E-state index < -0.39 is 0 Å². The lowest BCUT2D eigenvalue weighted by Crippen LogP contribution is -2.36. The molecule has 5 heteroatoms. The number of likely N-dealkylation sites (N-methyl/N-ethyl adjacent to an activating group) is 1. The van der Waals surface area contributed by atoms with Gasteiger partial charge in [0.2, 0.25) is 0 Å². The van der Waals surface area contributed by atoms with E-state index in [1.807, 2.05) is 17.9 Å². The Morgan fingerprint density at radius 3 is 2.84 bits per heavy atom. The fourth-order valence-electron chi connectivity index (χ4n) is 2.00. The minimum absolute atomic E-state index is 0.0135. The highest BCUT2D eigenvalue weighted by atomic mass is 16.5. The Bertz CT molecular complexity index is 518. The van der Waals surface area contributed by atoms with Gasteiger partial charge in [-0.2, -0.15) is 5.26 Å². The van der Waals surface area contributed by atoms with Crippen LogP contribution >= 0.6 is 0 Å². The predicted molar refractivity (Wildman–Crippen MR) is 71.5 cm³/mol. The maximum absolute atomic E-state index is 12.0. The maximum atomic E-state index is 12.0. The van der Waals surface area contributed by atoms with Crippen molar-refractivity contribution in [1.29, 1.82) is 5.26 Å². The summed E-state index contributed by atoms with van der Waals surface area (Å²) in [6.07, 6.45) is 2.16. The van der Waals surface area contributed by atoms with E-state index >= 15 is 0 Å².